The molecule has 2 aliphatic rings. The highest BCUT2D eigenvalue weighted by Gasteiger charge is 2.45. The van der Waals surface area contributed by atoms with Crippen LogP contribution in [-0.2, 0) is 0 Å². The average Bonchev–Trinajstić information content (AvgIpc) is 2.65. The molecular weight excluding hydrogens is 344 g/mol. The maximum Gasteiger partial charge on any atom is 0.404 e. The lowest BCUT2D eigenvalue weighted by atomic mass is 9.69. The zero-order chi connectivity index (χ0) is 18.7. The molecule has 0 N–H and O–H groups in total. The monoisotopic (exact) mass is 370 g/mol. The van der Waals surface area contributed by atoms with Gasteiger partial charge in [0.25, 0.3) is 0 Å². The predicted molar refractivity (Wildman–Crippen MR) is 92.6 cm³/mol. The van der Waals surface area contributed by atoms with Crippen molar-refractivity contribution in [3.05, 3.63) is 41.7 Å². The summed E-state index contributed by atoms with van der Waals surface area (Å²) in [6.45, 7) is 2.23. The molecule has 2 radical (unpaired) electrons. The van der Waals surface area contributed by atoms with Gasteiger partial charge in [-0.15, -0.1) is 0 Å². The Kier molecular flexibility index (Phi) is 6.13. The van der Waals surface area contributed by atoms with Crippen LogP contribution in [0.4, 0.5) is 17.6 Å². The van der Waals surface area contributed by atoms with Crippen LogP contribution in [0.5, 0.6) is 5.75 Å². The highest BCUT2D eigenvalue weighted by Crippen LogP contribution is 2.47. The molecule has 5 heteroatoms. The van der Waals surface area contributed by atoms with E-state index in [1.165, 1.54) is 19.3 Å². The third kappa shape index (κ3) is 4.52. The van der Waals surface area contributed by atoms with Crippen molar-refractivity contribution >= 4 is 0 Å². The molecule has 0 atom stereocenters. The fourth-order valence-corrected chi connectivity index (χ4v) is 4.29. The first kappa shape index (κ1) is 19.5. The quantitative estimate of drug-likeness (QED) is 0.514. The molecule has 0 spiro atoms. The van der Waals surface area contributed by atoms with Gasteiger partial charge in [0.1, 0.15) is 5.75 Å². The maximum absolute atomic E-state index is 14.4. The standard InChI is InChI=1S/C21H26F4O/c1-2-14-3-5-15(6-4-14)16-7-9-17(10-8-16)21(24,25)26-18-11-12-19(22)20(23)13-18/h11-14,16H,2-10H2,1H3. The molecule has 0 aromatic heterocycles. The molecule has 2 saturated carbocycles. The van der Waals surface area contributed by atoms with E-state index in [4.69, 9.17) is 4.74 Å². The van der Waals surface area contributed by atoms with Crippen molar-refractivity contribution in [1.29, 1.82) is 0 Å². The number of hydrogen-bond donors (Lipinski definition) is 0. The van der Waals surface area contributed by atoms with Crippen LogP contribution in [0.2, 0.25) is 0 Å². The second kappa shape index (κ2) is 8.18. The minimum Gasteiger partial charge on any atom is -0.432 e. The van der Waals surface area contributed by atoms with Gasteiger partial charge in [-0.3, -0.25) is 0 Å². The summed E-state index contributed by atoms with van der Waals surface area (Å²) < 4.78 is 59.7. The topological polar surface area (TPSA) is 9.23 Å². The molecule has 0 bridgehead atoms. The maximum atomic E-state index is 14.4. The molecule has 2 fully saturated rings. The van der Waals surface area contributed by atoms with E-state index in [9.17, 15) is 17.6 Å². The Morgan fingerprint density at radius 2 is 1.62 bits per heavy atom. The van der Waals surface area contributed by atoms with Crippen LogP contribution in [0.25, 0.3) is 0 Å². The van der Waals surface area contributed by atoms with Gasteiger partial charge in [-0.2, -0.15) is 8.78 Å². The van der Waals surface area contributed by atoms with Gasteiger partial charge >= 0.3 is 6.11 Å². The summed E-state index contributed by atoms with van der Waals surface area (Å²) in [4.78, 5) is 0. The third-order valence-electron chi connectivity index (χ3n) is 6.04. The van der Waals surface area contributed by atoms with E-state index >= 15 is 0 Å². The Bertz CT molecular complexity index is 588. The van der Waals surface area contributed by atoms with Crippen molar-refractivity contribution in [3.63, 3.8) is 0 Å². The SMILES string of the molecule is CCC1CC[C](C2CC[C](C(F)(F)Oc3ccc(F)c(F)c3)CC2)CC1. The van der Waals surface area contributed by atoms with Crippen LogP contribution in [0.1, 0.15) is 64.7 Å². The molecule has 0 unspecified atom stereocenters. The largest absolute Gasteiger partial charge is 0.432 e. The van der Waals surface area contributed by atoms with Crippen molar-refractivity contribution in [2.24, 2.45) is 11.8 Å². The fourth-order valence-electron chi connectivity index (χ4n) is 4.29. The highest BCUT2D eigenvalue weighted by atomic mass is 19.3. The number of rotatable bonds is 5. The summed E-state index contributed by atoms with van der Waals surface area (Å²) >= 11 is 0. The summed E-state index contributed by atoms with van der Waals surface area (Å²) in [5.41, 5.74) is 0. The van der Waals surface area contributed by atoms with E-state index in [0.717, 1.165) is 43.7 Å². The summed E-state index contributed by atoms with van der Waals surface area (Å²) in [7, 11) is 0. The Morgan fingerprint density at radius 3 is 2.19 bits per heavy atom. The second-order valence-electron chi connectivity index (χ2n) is 7.58. The molecule has 0 amide bonds. The highest BCUT2D eigenvalue weighted by molar-refractivity contribution is 5.25. The molecule has 0 aliphatic heterocycles. The first-order valence-corrected chi connectivity index (χ1v) is 9.60. The zero-order valence-electron chi connectivity index (χ0n) is 15.2. The minimum absolute atomic E-state index is 0.0568. The Balaban J connectivity index is 1.52. The molecule has 0 saturated heterocycles. The van der Waals surface area contributed by atoms with Crippen LogP contribution in [-0.4, -0.2) is 6.11 Å². The van der Waals surface area contributed by atoms with E-state index in [2.05, 4.69) is 6.92 Å². The summed E-state index contributed by atoms with van der Waals surface area (Å²) in [6.07, 6.45) is 4.63. The molecule has 1 nitrogen and oxygen atoms in total. The van der Waals surface area contributed by atoms with Crippen molar-refractivity contribution < 1.29 is 22.3 Å². The summed E-state index contributed by atoms with van der Waals surface area (Å²) in [5, 5.41) is 0. The van der Waals surface area contributed by atoms with E-state index < -0.39 is 17.7 Å². The van der Waals surface area contributed by atoms with Gasteiger partial charge in [0, 0.05) is 6.07 Å². The van der Waals surface area contributed by atoms with Crippen LogP contribution < -0.4 is 4.74 Å². The van der Waals surface area contributed by atoms with Gasteiger partial charge in [0.2, 0.25) is 0 Å². The fraction of sp³-hybridized carbons (Fsp3) is 0.619. The number of halogens is 4. The van der Waals surface area contributed by atoms with Gasteiger partial charge in [0.15, 0.2) is 11.6 Å². The first-order chi connectivity index (χ1) is 12.4. The third-order valence-corrected chi connectivity index (χ3v) is 6.04. The number of benzene rings is 1. The van der Waals surface area contributed by atoms with Crippen molar-refractivity contribution in [2.45, 2.75) is 70.8 Å². The van der Waals surface area contributed by atoms with Gasteiger partial charge in [-0.05, 0) is 81.3 Å². The van der Waals surface area contributed by atoms with Gasteiger partial charge in [-0.1, -0.05) is 13.3 Å². The first-order valence-electron chi connectivity index (χ1n) is 9.60. The van der Waals surface area contributed by atoms with Gasteiger partial charge < -0.3 is 4.74 Å². The van der Waals surface area contributed by atoms with E-state index in [0.29, 0.717) is 24.8 Å². The van der Waals surface area contributed by atoms with E-state index in [-0.39, 0.29) is 11.7 Å². The molecule has 26 heavy (non-hydrogen) atoms. The molecule has 144 valence electrons. The Labute approximate surface area is 153 Å². The molecule has 3 rings (SSSR count). The second-order valence-corrected chi connectivity index (χ2v) is 7.58. The molecule has 0 heterocycles. The number of ether oxygens (including phenoxy) is 1. The molecule has 1 aromatic carbocycles. The van der Waals surface area contributed by atoms with E-state index in [1.54, 1.807) is 5.92 Å². The smallest absolute Gasteiger partial charge is 0.404 e. The average molecular weight is 370 g/mol. The van der Waals surface area contributed by atoms with Crippen molar-refractivity contribution in [3.8, 4) is 5.75 Å². The van der Waals surface area contributed by atoms with Crippen LogP contribution in [0, 0.1) is 35.3 Å². The van der Waals surface area contributed by atoms with Crippen LogP contribution in [0.15, 0.2) is 18.2 Å². The molecule has 2 aliphatic carbocycles. The Hall–Kier alpha value is -1.26. The molecule has 1 aromatic rings. The lowest BCUT2D eigenvalue weighted by Gasteiger charge is -2.38. The van der Waals surface area contributed by atoms with Crippen molar-refractivity contribution in [2.75, 3.05) is 0 Å². The van der Waals surface area contributed by atoms with Crippen LogP contribution in [0.3, 0.4) is 0 Å². The minimum atomic E-state index is -3.44. The number of hydrogen-bond acceptors (Lipinski definition) is 1. The normalized spacial score (nSPS) is 21.9. The summed E-state index contributed by atoms with van der Waals surface area (Å²) in [5.74, 6) is 0.249. The van der Waals surface area contributed by atoms with Crippen LogP contribution >= 0.6 is 0 Å². The summed E-state index contributed by atoms with van der Waals surface area (Å²) in [6, 6.07) is 2.49. The molecular formula is C21H26F4O. The van der Waals surface area contributed by atoms with Gasteiger partial charge in [0.05, 0.1) is 5.92 Å². The lowest BCUT2D eigenvalue weighted by Crippen LogP contribution is -2.36. The van der Waals surface area contributed by atoms with Gasteiger partial charge in [-0.25, -0.2) is 8.78 Å². The number of alkyl halides is 2. The zero-order valence-corrected chi connectivity index (χ0v) is 15.2. The Morgan fingerprint density at radius 1 is 0.962 bits per heavy atom. The lowest BCUT2D eigenvalue weighted by molar-refractivity contribution is -0.168. The van der Waals surface area contributed by atoms with Crippen molar-refractivity contribution in [1.82, 2.24) is 0 Å². The van der Waals surface area contributed by atoms with E-state index in [1.807, 2.05) is 0 Å². The predicted octanol–water partition coefficient (Wildman–Crippen LogP) is 6.88.